The lowest BCUT2D eigenvalue weighted by Crippen LogP contribution is -2.18. The predicted molar refractivity (Wildman–Crippen MR) is 85.8 cm³/mol. The summed E-state index contributed by atoms with van der Waals surface area (Å²) < 4.78 is 10.3. The molecule has 0 aliphatic rings. The van der Waals surface area contributed by atoms with Gasteiger partial charge in [0.05, 0.1) is 26.0 Å². The minimum absolute atomic E-state index is 0.345. The second-order valence-electron chi connectivity index (χ2n) is 4.68. The lowest BCUT2D eigenvalue weighted by atomic mass is 10.2. The quantitative estimate of drug-likeness (QED) is 0.682. The summed E-state index contributed by atoms with van der Waals surface area (Å²) in [5, 5.41) is 3.95. The van der Waals surface area contributed by atoms with E-state index < -0.39 is 0 Å². The number of rotatable bonds is 5. The van der Waals surface area contributed by atoms with Crippen molar-refractivity contribution >= 4 is 12.1 Å². The highest BCUT2D eigenvalue weighted by Crippen LogP contribution is 2.24. The van der Waals surface area contributed by atoms with Crippen molar-refractivity contribution in [1.29, 1.82) is 0 Å². The van der Waals surface area contributed by atoms with Crippen LogP contribution in [0.5, 0.6) is 11.5 Å². The standard InChI is InChI=1S/C17H18N2O3/c1-12-4-6-13(7-5-12)11-18-19-17(20)15-9-8-14(21-2)10-16(15)22-3/h4-11H,1-3H3,(H,19,20)/b18-11-. The Morgan fingerprint density at radius 3 is 2.45 bits per heavy atom. The van der Waals surface area contributed by atoms with E-state index in [1.54, 1.807) is 31.5 Å². The maximum Gasteiger partial charge on any atom is 0.275 e. The molecule has 2 aromatic rings. The van der Waals surface area contributed by atoms with Gasteiger partial charge in [-0.15, -0.1) is 0 Å². The van der Waals surface area contributed by atoms with Crippen LogP contribution in [0.4, 0.5) is 0 Å². The molecular weight excluding hydrogens is 280 g/mol. The highest BCUT2D eigenvalue weighted by Gasteiger charge is 2.12. The Kier molecular flexibility index (Phi) is 5.14. The van der Waals surface area contributed by atoms with E-state index in [9.17, 15) is 4.79 Å². The summed E-state index contributed by atoms with van der Waals surface area (Å²) >= 11 is 0. The molecule has 5 heteroatoms. The molecule has 114 valence electrons. The van der Waals surface area contributed by atoms with Gasteiger partial charge in [0.2, 0.25) is 0 Å². The van der Waals surface area contributed by atoms with E-state index in [4.69, 9.17) is 9.47 Å². The average molecular weight is 298 g/mol. The number of carbonyl (C=O) groups excluding carboxylic acids is 1. The molecular formula is C17H18N2O3. The van der Waals surface area contributed by atoms with Crippen molar-refractivity contribution in [1.82, 2.24) is 5.43 Å². The maximum absolute atomic E-state index is 12.1. The topological polar surface area (TPSA) is 59.9 Å². The molecule has 0 bridgehead atoms. The Hall–Kier alpha value is -2.82. The molecule has 22 heavy (non-hydrogen) atoms. The number of hydrogen-bond acceptors (Lipinski definition) is 4. The highest BCUT2D eigenvalue weighted by molar-refractivity contribution is 5.97. The van der Waals surface area contributed by atoms with Crippen LogP contribution in [0.15, 0.2) is 47.6 Å². The molecule has 2 rings (SSSR count). The van der Waals surface area contributed by atoms with Gasteiger partial charge in [-0.2, -0.15) is 5.10 Å². The first-order valence-electron chi connectivity index (χ1n) is 6.76. The van der Waals surface area contributed by atoms with Crippen molar-refractivity contribution in [2.75, 3.05) is 14.2 Å². The normalized spacial score (nSPS) is 10.5. The van der Waals surface area contributed by atoms with E-state index >= 15 is 0 Å². The molecule has 0 atom stereocenters. The third kappa shape index (κ3) is 3.85. The Morgan fingerprint density at radius 1 is 1.09 bits per heavy atom. The second kappa shape index (κ2) is 7.26. The first-order chi connectivity index (χ1) is 10.6. The van der Waals surface area contributed by atoms with Gasteiger partial charge in [0.1, 0.15) is 11.5 Å². The molecule has 0 radical (unpaired) electrons. The molecule has 0 aliphatic heterocycles. The first kappa shape index (κ1) is 15.6. The van der Waals surface area contributed by atoms with Gasteiger partial charge in [0.25, 0.3) is 5.91 Å². The lowest BCUT2D eigenvalue weighted by molar-refractivity contribution is 0.0952. The smallest absolute Gasteiger partial charge is 0.275 e. The Morgan fingerprint density at radius 2 is 1.82 bits per heavy atom. The van der Waals surface area contributed by atoms with Crippen LogP contribution < -0.4 is 14.9 Å². The van der Waals surface area contributed by atoms with Crippen LogP contribution in [0, 0.1) is 6.92 Å². The van der Waals surface area contributed by atoms with Crippen LogP contribution in [0.3, 0.4) is 0 Å². The average Bonchev–Trinajstić information content (AvgIpc) is 2.55. The third-order valence-electron chi connectivity index (χ3n) is 3.11. The fourth-order valence-corrected chi connectivity index (χ4v) is 1.86. The maximum atomic E-state index is 12.1. The van der Waals surface area contributed by atoms with Crippen LogP contribution in [0.2, 0.25) is 0 Å². The number of methoxy groups -OCH3 is 2. The largest absolute Gasteiger partial charge is 0.497 e. The van der Waals surface area contributed by atoms with Gasteiger partial charge >= 0.3 is 0 Å². The number of hydrogen-bond donors (Lipinski definition) is 1. The number of nitrogens with zero attached hydrogens (tertiary/aromatic N) is 1. The van der Waals surface area contributed by atoms with Crippen molar-refractivity contribution in [3.63, 3.8) is 0 Å². The molecule has 1 N–H and O–H groups in total. The molecule has 0 unspecified atom stereocenters. The number of amides is 1. The zero-order chi connectivity index (χ0) is 15.9. The van der Waals surface area contributed by atoms with Crippen molar-refractivity contribution in [2.45, 2.75) is 6.92 Å². The summed E-state index contributed by atoms with van der Waals surface area (Å²) in [6.07, 6.45) is 1.59. The van der Waals surface area contributed by atoms with E-state index in [-0.39, 0.29) is 5.91 Å². The van der Waals surface area contributed by atoms with Gasteiger partial charge < -0.3 is 9.47 Å². The molecule has 0 spiro atoms. The molecule has 5 nitrogen and oxygen atoms in total. The number of hydrazone groups is 1. The summed E-state index contributed by atoms with van der Waals surface area (Å²) in [6.45, 7) is 2.01. The van der Waals surface area contributed by atoms with E-state index in [1.807, 2.05) is 31.2 Å². The van der Waals surface area contributed by atoms with Crippen LogP contribution in [0.25, 0.3) is 0 Å². The summed E-state index contributed by atoms with van der Waals surface area (Å²) in [5.74, 6) is 0.710. The minimum Gasteiger partial charge on any atom is -0.497 e. The van der Waals surface area contributed by atoms with Gasteiger partial charge in [-0.25, -0.2) is 5.43 Å². The van der Waals surface area contributed by atoms with Crippen molar-refractivity contribution in [2.24, 2.45) is 5.10 Å². The minimum atomic E-state index is -0.345. The number of carbonyl (C=O) groups is 1. The Labute approximate surface area is 129 Å². The first-order valence-corrected chi connectivity index (χ1v) is 6.76. The fraction of sp³-hybridized carbons (Fsp3) is 0.176. The number of benzene rings is 2. The van der Waals surface area contributed by atoms with Gasteiger partial charge in [-0.1, -0.05) is 29.8 Å². The number of aryl methyl sites for hydroxylation is 1. The van der Waals surface area contributed by atoms with Crippen LogP contribution in [0.1, 0.15) is 21.5 Å². The summed E-state index contributed by atoms with van der Waals surface area (Å²) in [4.78, 5) is 12.1. The zero-order valence-corrected chi connectivity index (χ0v) is 12.8. The molecule has 1 amide bonds. The van der Waals surface area contributed by atoms with E-state index in [0.717, 1.165) is 5.56 Å². The van der Waals surface area contributed by atoms with Gasteiger partial charge in [0, 0.05) is 6.07 Å². The summed E-state index contributed by atoms with van der Waals surface area (Å²) in [6, 6.07) is 12.8. The SMILES string of the molecule is COc1ccc(C(=O)N/N=C\c2ccc(C)cc2)c(OC)c1. The third-order valence-corrected chi connectivity index (χ3v) is 3.11. The second-order valence-corrected chi connectivity index (χ2v) is 4.68. The Balaban J connectivity index is 2.07. The molecule has 0 heterocycles. The molecule has 0 aliphatic carbocycles. The molecule has 2 aromatic carbocycles. The fourth-order valence-electron chi connectivity index (χ4n) is 1.86. The predicted octanol–water partition coefficient (Wildman–Crippen LogP) is 2.78. The van der Waals surface area contributed by atoms with Crippen molar-refractivity contribution in [3.8, 4) is 11.5 Å². The zero-order valence-electron chi connectivity index (χ0n) is 12.8. The van der Waals surface area contributed by atoms with E-state index in [2.05, 4.69) is 10.5 Å². The lowest BCUT2D eigenvalue weighted by Gasteiger charge is -2.08. The van der Waals surface area contributed by atoms with Crippen LogP contribution in [-0.2, 0) is 0 Å². The number of ether oxygens (including phenoxy) is 2. The van der Waals surface area contributed by atoms with Crippen LogP contribution in [-0.4, -0.2) is 26.3 Å². The number of nitrogens with one attached hydrogen (secondary N) is 1. The van der Waals surface area contributed by atoms with E-state index in [0.29, 0.717) is 17.1 Å². The summed E-state index contributed by atoms with van der Waals surface area (Å²) in [5.41, 5.74) is 4.96. The monoisotopic (exact) mass is 298 g/mol. The van der Waals surface area contributed by atoms with Gasteiger partial charge in [-0.05, 0) is 24.6 Å². The molecule has 0 saturated heterocycles. The van der Waals surface area contributed by atoms with Crippen molar-refractivity contribution < 1.29 is 14.3 Å². The molecule has 0 aromatic heterocycles. The van der Waals surface area contributed by atoms with Crippen LogP contribution >= 0.6 is 0 Å². The Bertz CT molecular complexity index is 679. The molecule has 0 fully saturated rings. The van der Waals surface area contributed by atoms with Gasteiger partial charge in [0.15, 0.2) is 0 Å². The van der Waals surface area contributed by atoms with E-state index in [1.165, 1.54) is 12.7 Å². The highest BCUT2D eigenvalue weighted by atomic mass is 16.5. The molecule has 0 saturated carbocycles. The summed E-state index contributed by atoms with van der Waals surface area (Å²) in [7, 11) is 3.06. The van der Waals surface area contributed by atoms with Gasteiger partial charge in [-0.3, -0.25) is 4.79 Å². The van der Waals surface area contributed by atoms with Crippen molar-refractivity contribution in [3.05, 3.63) is 59.2 Å².